The van der Waals surface area contributed by atoms with Gasteiger partial charge in [0.2, 0.25) is 10.0 Å². The molecule has 8 heteroatoms. The van der Waals surface area contributed by atoms with E-state index in [-0.39, 0.29) is 30.9 Å². The third-order valence-corrected chi connectivity index (χ3v) is 5.17. The summed E-state index contributed by atoms with van der Waals surface area (Å²) in [5.41, 5.74) is -0.717. The van der Waals surface area contributed by atoms with Gasteiger partial charge in [0.15, 0.2) is 0 Å². The van der Waals surface area contributed by atoms with Gasteiger partial charge in [0.1, 0.15) is 0 Å². The van der Waals surface area contributed by atoms with Gasteiger partial charge in [-0.25, -0.2) is 8.42 Å². The minimum Gasteiger partial charge on any atom is -0.373 e. The SMILES string of the molecule is CC1CN(S(=O)(=O)Cc2cccc(C(F)(F)F)c2)CC(C)O1. The highest BCUT2D eigenvalue weighted by Crippen LogP contribution is 2.30. The number of hydrogen-bond donors (Lipinski definition) is 0. The van der Waals surface area contributed by atoms with E-state index < -0.39 is 27.5 Å². The monoisotopic (exact) mass is 337 g/mol. The zero-order valence-electron chi connectivity index (χ0n) is 12.3. The van der Waals surface area contributed by atoms with Gasteiger partial charge in [-0.3, -0.25) is 0 Å². The highest BCUT2D eigenvalue weighted by atomic mass is 32.2. The Morgan fingerprint density at radius 1 is 1.23 bits per heavy atom. The van der Waals surface area contributed by atoms with E-state index in [1.54, 1.807) is 13.8 Å². The van der Waals surface area contributed by atoms with Gasteiger partial charge in [-0.1, -0.05) is 18.2 Å². The lowest BCUT2D eigenvalue weighted by atomic mass is 10.1. The van der Waals surface area contributed by atoms with E-state index in [1.165, 1.54) is 16.4 Å². The smallest absolute Gasteiger partial charge is 0.373 e. The standard InChI is InChI=1S/C14H18F3NO3S/c1-10-7-18(8-11(2)21-10)22(19,20)9-12-4-3-5-13(6-12)14(15,16)17/h3-6,10-11H,7-9H2,1-2H3. The maximum atomic E-state index is 12.7. The highest BCUT2D eigenvalue weighted by Gasteiger charge is 2.33. The fourth-order valence-corrected chi connectivity index (χ4v) is 4.15. The first kappa shape index (κ1) is 17.2. The van der Waals surface area contributed by atoms with E-state index in [4.69, 9.17) is 4.74 Å². The van der Waals surface area contributed by atoms with Crippen LogP contribution in [0.1, 0.15) is 25.0 Å². The van der Waals surface area contributed by atoms with Crippen LogP contribution in [0.5, 0.6) is 0 Å². The molecule has 0 N–H and O–H groups in total. The molecule has 0 radical (unpaired) electrons. The van der Waals surface area contributed by atoms with Crippen LogP contribution in [0.4, 0.5) is 13.2 Å². The van der Waals surface area contributed by atoms with E-state index in [1.807, 2.05) is 0 Å². The number of halogens is 3. The molecular weight excluding hydrogens is 319 g/mol. The molecule has 2 unspecified atom stereocenters. The minimum atomic E-state index is -4.48. The number of morpholine rings is 1. The van der Waals surface area contributed by atoms with Crippen LogP contribution in [-0.2, 0) is 26.7 Å². The van der Waals surface area contributed by atoms with Gasteiger partial charge in [0, 0.05) is 13.1 Å². The summed E-state index contributed by atoms with van der Waals surface area (Å²) in [4.78, 5) is 0. The highest BCUT2D eigenvalue weighted by molar-refractivity contribution is 7.88. The molecule has 4 nitrogen and oxygen atoms in total. The first-order valence-corrected chi connectivity index (χ1v) is 8.48. The van der Waals surface area contributed by atoms with Crippen molar-refractivity contribution in [1.82, 2.24) is 4.31 Å². The normalized spacial score (nSPS) is 24.4. The Labute approximate surface area is 127 Å². The molecule has 1 aliphatic rings. The summed E-state index contributed by atoms with van der Waals surface area (Å²) in [5, 5.41) is 0. The van der Waals surface area contributed by atoms with Crippen molar-refractivity contribution >= 4 is 10.0 Å². The second-order valence-electron chi connectivity index (χ2n) is 5.53. The average Bonchev–Trinajstić information content (AvgIpc) is 2.36. The van der Waals surface area contributed by atoms with Gasteiger partial charge in [0.25, 0.3) is 0 Å². The number of hydrogen-bond acceptors (Lipinski definition) is 3. The van der Waals surface area contributed by atoms with Crippen molar-refractivity contribution < 1.29 is 26.3 Å². The number of benzene rings is 1. The van der Waals surface area contributed by atoms with Crippen molar-refractivity contribution in [3.05, 3.63) is 35.4 Å². The van der Waals surface area contributed by atoms with Crippen LogP contribution in [0.15, 0.2) is 24.3 Å². The summed E-state index contributed by atoms with van der Waals surface area (Å²) < 4.78 is 69.6. The molecule has 1 heterocycles. The summed E-state index contributed by atoms with van der Waals surface area (Å²) in [6, 6.07) is 4.41. The minimum absolute atomic E-state index is 0.127. The molecule has 124 valence electrons. The molecule has 0 bridgehead atoms. The molecule has 1 aromatic carbocycles. The molecule has 1 fully saturated rings. The van der Waals surface area contributed by atoms with Crippen molar-refractivity contribution in [3.63, 3.8) is 0 Å². The number of sulfonamides is 1. The Morgan fingerprint density at radius 2 is 1.82 bits per heavy atom. The second-order valence-corrected chi connectivity index (χ2v) is 7.50. The molecule has 2 rings (SSSR count). The number of nitrogens with zero attached hydrogens (tertiary/aromatic N) is 1. The summed E-state index contributed by atoms with van der Waals surface area (Å²) in [7, 11) is -3.68. The lowest BCUT2D eigenvalue weighted by Crippen LogP contribution is -2.48. The van der Waals surface area contributed by atoms with Crippen molar-refractivity contribution in [2.45, 2.75) is 38.0 Å². The van der Waals surface area contributed by atoms with Crippen molar-refractivity contribution in [2.75, 3.05) is 13.1 Å². The van der Waals surface area contributed by atoms with Gasteiger partial charge < -0.3 is 4.74 Å². The first-order chi connectivity index (χ1) is 10.1. The molecule has 1 aromatic rings. The Kier molecular flexibility index (Phi) is 4.84. The lowest BCUT2D eigenvalue weighted by molar-refractivity contribution is -0.137. The van der Waals surface area contributed by atoms with E-state index in [9.17, 15) is 21.6 Å². The van der Waals surface area contributed by atoms with E-state index >= 15 is 0 Å². The maximum absolute atomic E-state index is 12.7. The number of rotatable bonds is 3. The van der Waals surface area contributed by atoms with Gasteiger partial charge in [-0.2, -0.15) is 17.5 Å². The van der Waals surface area contributed by atoms with E-state index in [0.29, 0.717) is 0 Å². The molecule has 0 aliphatic carbocycles. The van der Waals surface area contributed by atoms with Gasteiger partial charge >= 0.3 is 6.18 Å². The fraction of sp³-hybridized carbons (Fsp3) is 0.571. The van der Waals surface area contributed by atoms with Crippen LogP contribution in [0.2, 0.25) is 0 Å². The van der Waals surface area contributed by atoms with Gasteiger partial charge in [-0.15, -0.1) is 0 Å². The van der Waals surface area contributed by atoms with Crippen LogP contribution in [0.3, 0.4) is 0 Å². The van der Waals surface area contributed by atoms with Crippen LogP contribution in [0.25, 0.3) is 0 Å². The van der Waals surface area contributed by atoms with Crippen LogP contribution < -0.4 is 0 Å². The largest absolute Gasteiger partial charge is 0.416 e. The summed E-state index contributed by atoms with van der Waals surface area (Å²) in [6.07, 6.45) is -4.96. The molecule has 22 heavy (non-hydrogen) atoms. The van der Waals surface area contributed by atoms with E-state index in [0.717, 1.165) is 12.1 Å². The quantitative estimate of drug-likeness (QED) is 0.852. The number of ether oxygens (including phenoxy) is 1. The van der Waals surface area contributed by atoms with Crippen LogP contribution in [0, 0.1) is 0 Å². The lowest BCUT2D eigenvalue weighted by Gasteiger charge is -2.34. The number of alkyl halides is 3. The average molecular weight is 337 g/mol. The Hall–Kier alpha value is -1.12. The van der Waals surface area contributed by atoms with Crippen LogP contribution >= 0.6 is 0 Å². The van der Waals surface area contributed by atoms with Gasteiger partial charge in [-0.05, 0) is 25.5 Å². The fourth-order valence-electron chi connectivity index (χ4n) is 2.50. The second kappa shape index (κ2) is 6.17. The Bertz CT molecular complexity index is 620. The summed E-state index contributed by atoms with van der Waals surface area (Å²) in [6.45, 7) is 3.96. The predicted molar refractivity (Wildman–Crippen MR) is 75.6 cm³/mol. The summed E-state index contributed by atoms with van der Waals surface area (Å²) in [5.74, 6) is -0.448. The van der Waals surface area contributed by atoms with Crippen LogP contribution in [-0.4, -0.2) is 38.0 Å². The molecule has 1 saturated heterocycles. The zero-order chi connectivity index (χ0) is 16.5. The molecular formula is C14H18F3NO3S. The Morgan fingerprint density at radius 3 is 2.36 bits per heavy atom. The molecule has 0 amide bonds. The topological polar surface area (TPSA) is 46.6 Å². The molecule has 2 atom stereocenters. The third kappa shape index (κ3) is 4.21. The first-order valence-electron chi connectivity index (χ1n) is 6.87. The van der Waals surface area contributed by atoms with Crippen molar-refractivity contribution in [1.29, 1.82) is 0 Å². The zero-order valence-corrected chi connectivity index (χ0v) is 13.1. The molecule has 1 aliphatic heterocycles. The maximum Gasteiger partial charge on any atom is 0.416 e. The van der Waals surface area contributed by atoms with Crippen molar-refractivity contribution in [3.8, 4) is 0 Å². The Balaban J connectivity index is 2.18. The van der Waals surface area contributed by atoms with E-state index in [2.05, 4.69) is 0 Å². The van der Waals surface area contributed by atoms with Crippen molar-refractivity contribution in [2.24, 2.45) is 0 Å². The molecule has 0 saturated carbocycles. The molecule has 0 spiro atoms. The van der Waals surface area contributed by atoms with Gasteiger partial charge in [0.05, 0.1) is 23.5 Å². The third-order valence-electron chi connectivity index (χ3n) is 3.38. The predicted octanol–water partition coefficient (Wildman–Crippen LogP) is 2.64. The molecule has 0 aromatic heterocycles. The summed E-state index contributed by atoms with van der Waals surface area (Å²) >= 11 is 0.